The van der Waals surface area contributed by atoms with Crippen molar-refractivity contribution < 1.29 is 15.2 Å². The van der Waals surface area contributed by atoms with E-state index in [1.165, 1.54) is 6.20 Å². The molecule has 1 aromatic rings. The molecule has 2 rings (SSSR count). The minimum absolute atomic E-state index is 0.0152. The van der Waals surface area contributed by atoms with Crippen molar-refractivity contribution >= 4 is 30.1 Å². The van der Waals surface area contributed by atoms with Crippen LogP contribution in [0, 0.1) is 0 Å². The van der Waals surface area contributed by atoms with Crippen molar-refractivity contribution in [3.63, 3.8) is 0 Å². The van der Waals surface area contributed by atoms with Crippen molar-refractivity contribution in [2.45, 2.75) is 12.5 Å². The summed E-state index contributed by atoms with van der Waals surface area (Å²) in [5.74, 6) is 0.394. The zero-order valence-corrected chi connectivity index (χ0v) is 9.17. The highest BCUT2D eigenvalue weighted by Crippen LogP contribution is 2.16. The average molecular weight is 243 g/mol. The summed E-state index contributed by atoms with van der Waals surface area (Å²) < 4.78 is 0. The molecule has 0 aliphatic carbocycles. The number of aliphatic hydroxyl groups is 1. The lowest BCUT2D eigenvalue weighted by Crippen LogP contribution is -2.33. The van der Waals surface area contributed by atoms with E-state index in [0.29, 0.717) is 25.5 Å². The van der Waals surface area contributed by atoms with Crippen molar-refractivity contribution in [3.05, 3.63) is 11.3 Å². The first kappa shape index (κ1) is 11.6. The topological polar surface area (TPSA) is 89.7 Å². The summed E-state index contributed by atoms with van der Waals surface area (Å²) in [6.07, 6.45) is 1.58. The van der Waals surface area contributed by atoms with Gasteiger partial charge in [-0.2, -0.15) is 0 Å². The fraction of sp³-hybridized carbons (Fsp3) is 0.500. The van der Waals surface area contributed by atoms with Gasteiger partial charge >= 0.3 is 7.12 Å². The molecule has 1 aromatic heterocycles. The van der Waals surface area contributed by atoms with Crippen LogP contribution in [0.3, 0.4) is 0 Å². The first-order valence-corrected chi connectivity index (χ1v) is 5.27. The molecule has 0 radical (unpaired) electrons. The highest BCUT2D eigenvalue weighted by molar-refractivity contribution is 6.62. The molecule has 0 saturated carbocycles. The number of rotatable bonds is 2. The van der Waals surface area contributed by atoms with Gasteiger partial charge in [0.15, 0.2) is 0 Å². The minimum Gasteiger partial charge on any atom is -0.423 e. The van der Waals surface area contributed by atoms with Gasteiger partial charge in [0.05, 0.1) is 6.10 Å². The van der Waals surface area contributed by atoms with E-state index in [1.54, 1.807) is 4.90 Å². The van der Waals surface area contributed by atoms with E-state index in [0.717, 1.165) is 0 Å². The Bertz CT molecular complexity index is 393. The first-order valence-electron chi connectivity index (χ1n) is 4.89. The molecular formula is C8H11BClN3O3. The van der Waals surface area contributed by atoms with Gasteiger partial charge in [0, 0.05) is 24.7 Å². The molecule has 2 heterocycles. The number of aliphatic hydroxyl groups excluding tert-OH is 1. The molecule has 1 fully saturated rings. The first-order chi connectivity index (χ1) is 7.58. The zero-order chi connectivity index (χ0) is 11.7. The minimum atomic E-state index is -1.68. The maximum absolute atomic E-state index is 9.36. The Hall–Kier alpha value is -0.885. The van der Waals surface area contributed by atoms with Gasteiger partial charge in [-0.1, -0.05) is 11.6 Å². The lowest BCUT2D eigenvalue weighted by atomic mass is 9.83. The molecule has 16 heavy (non-hydrogen) atoms. The fourth-order valence-electron chi connectivity index (χ4n) is 1.61. The number of anilines is 1. The van der Waals surface area contributed by atoms with Crippen molar-refractivity contribution in [2.75, 3.05) is 18.0 Å². The average Bonchev–Trinajstić information content (AvgIpc) is 2.64. The predicted octanol–water partition coefficient (Wildman–Crippen LogP) is -1.62. The molecular weight excluding hydrogens is 232 g/mol. The summed E-state index contributed by atoms with van der Waals surface area (Å²) in [6.45, 7) is 1.13. The Morgan fingerprint density at radius 1 is 1.50 bits per heavy atom. The second-order valence-corrected chi connectivity index (χ2v) is 4.04. The van der Waals surface area contributed by atoms with Gasteiger partial charge in [0.25, 0.3) is 0 Å². The van der Waals surface area contributed by atoms with Gasteiger partial charge < -0.3 is 20.1 Å². The van der Waals surface area contributed by atoms with Crippen LogP contribution >= 0.6 is 11.6 Å². The monoisotopic (exact) mass is 243 g/mol. The van der Waals surface area contributed by atoms with Crippen LogP contribution in [0.2, 0.25) is 5.15 Å². The van der Waals surface area contributed by atoms with Gasteiger partial charge in [-0.3, -0.25) is 0 Å². The molecule has 1 saturated heterocycles. The summed E-state index contributed by atoms with van der Waals surface area (Å²) in [7, 11) is -1.68. The van der Waals surface area contributed by atoms with E-state index in [4.69, 9.17) is 21.6 Å². The third-order valence-electron chi connectivity index (χ3n) is 2.48. The Kier molecular flexibility index (Phi) is 3.29. The van der Waals surface area contributed by atoms with Crippen LogP contribution in [0.25, 0.3) is 0 Å². The van der Waals surface area contributed by atoms with Crippen LogP contribution in [0.15, 0.2) is 6.20 Å². The molecule has 6 nitrogen and oxygen atoms in total. The third kappa shape index (κ3) is 2.27. The molecule has 3 N–H and O–H groups in total. The molecule has 86 valence electrons. The van der Waals surface area contributed by atoms with Crippen molar-refractivity contribution in [1.29, 1.82) is 0 Å². The summed E-state index contributed by atoms with van der Waals surface area (Å²) >= 11 is 5.78. The van der Waals surface area contributed by atoms with E-state index < -0.39 is 7.12 Å². The SMILES string of the molecule is OB(O)c1cnc(N2CCC(O)C2)nc1Cl. The van der Waals surface area contributed by atoms with Crippen LogP contribution in [0.4, 0.5) is 5.95 Å². The van der Waals surface area contributed by atoms with Gasteiger partial charge in [-0.05, 0) is 6.42 Å². The second kappa shape index (κ2) is 4.54. The Labute approximate surface area is 97.7 Å². The van der Waals surface area contributed by atoms with Crippen molar-refractivity contribution in [2.24, 2.45) is 0 Å². The van der Waals surface area contributed by atoms with Crippen LogP contribution < -0.4 is 10.4 Å². The normalized spacial score (nSPS) is 20.2. The molecule has 0 bridgehead atoms. The molecule has 1 aliphatic heterocycles. The Balaban J connectivity index is 2.21. The number of β-amino-alcohol motifs (C(OH)–C–C–N with tert-alkyl or cyclic N) is 1. The fourth-order valence-corrected chi connectivity index (χ4v) is 1.83. The largest absolute Gasteiger partial charge is 0.493 e. The maximum atomic E-state index is 9.36. The highest BCUT2D eigenvalue weighted by Gasteiger charge is 2.24. The van der Waals surface area contributed by atoms with Gasteiger partial charge in [-0.25, -0.2) is 9.97 Å². The summed E-state index contributed by atoms with van der Waals surface area (Å²) in [5.41, 5.74) is 0.0742. The second-order valence-electron chi connectivity index (χ2n) is 3.68. The van der Waals surface area contributed by atoms with Crippen molar-refractivity contribution in [1.82, 2.24) is 9.97 Å². The molecule has 1 unspecified atom stereocenters. The molecule has 1 aliphatic rings. The molecule has 0 aromatic carbocycles. The van der Waals surface area contributed by atoms with Crippen molar-refractivity contribution in [3.8, 4) is 0 Å². The number of halogens is 1. The van der Waals surface area contributed by atoms with Gasteiger partial charge in [-0.15, -0.1) is 0 Å². The number of aromatic nitrogens is 2. The number of hydrogen-bond donors (Lipinski definition) is 3. The van der Waals surface area contributed by atoms with E-state index in [1.807, 2.05) is 0 Å². The van der Waals surface area contributed by atoms with E-state index >= 15 is 0 Å². The molecule has 0 spiro atoms. The Morgan fingerprint density at radius 2 is 2.25 bits per heavy atom. The van der Waals surface area contributed by atoms with Gasteiger partial charge in [0.1, 0.15) is 5.15 Å². The molecule has 8 heteroatoms. The van der Waals surface area contributed by atoms with Gasteiger partial charge in [0.2, 0.25) is 5.95 Å². The highest BCUT2D eigenvalue weighted by atomic mass is 35.5. The number of nitrogens with zero attached hydrogens (tertiary/aromatic N) is 3. The zero-order valence-electron chi connectivity index (χ0n) is 8.41. The standard InChI is InChI=1S/C8H11BClN3O3/c10-7-6(9(15)16)3-11-8(12-7)13-2-1-5(14)4-13/h3,5,14-16H,1-2,4H2. The summed E-state index contributed by atoms with van der Waals surface area (Å²) in [4.78, 5) is 9.73. The smallest absolute Gasteiger partial charge is 0.423 e. The lowest BCUT2D eigenvalue weighted by molar-refractivity contribution is 0.198. The van der Waals surface area contributed by atoms with E-state index in [-0.39, 0.29) is 16.7 Å². The maximum Gasteiger partial charge on any atom is 0.493 e. The van der Waals surface area contributed by atoms with Crippen LogP contribution in [0.5, 0.6) is 0 Å². The van der Waals surface area contributed by atoms with Crippen LogP contribution in [-0.2, 0) is 0 Å². The predicted molar refractivity (Wildman–Crippen MR) is 59.7 cm³/mol. The van der Waals surface area contributed by atoms with Crippen LogP contribution in [0.1, 0.15) is 6.42 Å². The quantitative estimate of drug-likeness (QED) is 0.427. The van der Waals surface area contributed by atoms with E-state index in [9.17, 15) is 5.11 Å². The molecule has 1 atom stereocenters. The summed E-state index contributed by atoms with van der Waals surface area (Å²) in [5, 5.41) is 27.3. The number of hydrogen-bond acceptors (Lipinski definition) is 6. The summed E-state index contributed by atoms with van der Waals surface area (Å²) in [6, 6.07) is 0. The molecule has 0 amide bonds. The van der Waals surface area contributed by atoms with E-state index in [2.05, 4.69) is 9.97 Å². The lowest BCUT2D eigenvalue weighted by Gasteiger charge is -2.15. The Morgan fingerprint density at radius 3 is 2.75 bits per heavy atom. The van der Waals surface area contributed by atoms with Crippen LogP contribution in [-0.4, -0.2) is 51.4 Å². The third-order valence-corrected chi connectivity index (χ3v) is 2.78.